The van der Waals surface area contributed by atoms with Gasteiger partial charge in [0.25, 0.3) is 0 Å². The van der Waals surface area contributed by atoms with Crippen LogP contribution < -0.4 is 15.4 Å². The molecule has 0 fully saturated rings. The Bertz CT molecular complexity index is 387. The van der Waals surface area contributed by atoms with Crippen LogP contribution in [-0.2, 0) is 0 Å². The zero-order chi connectivity index (χ0) is 11.5. The molecule has 2 rings (SSSR count). The topological polar surface area (TPSA) is 33.3 Å². The summed E-state index contributed by atoms with van der Waals surface area (Å²) >= 11 is 0. The van der Waals surface area contributed by atoms with Gasteiger partial charge in [-0.1, -0.05) is 18.7 Å². The van der Waals surface area contributed by atoms with Crippen molar-refractivity contribution in [2.75, 3.05) is 11.9 Å². The molecular formula is C13H18N2O. The van der Waals surface area contributed by atoms with Crippen molar-refractivity contribution in [1.29, 1.82) is 0 Å². The van der Waals surface area contributed by atoms with E-state index < -0.39 is 0 Å². The highest BCUT2D eigenvalue weighted by molar-refractivity contribution is 5.58. The van der Waals surface area contributed by atoms with E-state index in [1.807, 2.05) is 24.3 Å². The van der Waals surface area contributed by atoms with Crippen molar-refractivity contribution in [3.05, 3.63) is 36.5 Å². The van der Waals surface area contributed by atoms with Gasteiger partial charge in [0.05, 0.1) is 12.2 Å². The zero-order valence-electron chi connectivity index (χ0n) is 9.79. The van der Waals surface area contributed by atoms with Gasteiger partial charge in [-0.2, -0.15) is 0 Å². The van der Waals surface area contributed by atoms with Gasteiger partial charge in [-0.3, -0.25) is 0 Å². The molecule has 1 aliphatic heterocycles. The zero-order valence-corrected chi connectivity index (χ0v) is 9.79. The van der Waals surface area contributed by atoms with Crippen LogP contribution in [0.25, 0.3) is 0 Å². The highest BCUT2D eigenvalue weighted by Gasteiger charge is 2.21. The second-order valence-electron chi connectivity index (χ2n) is 4.31. The molecule has 3 heteroatoms. The molecule has 0 saturated carbocycles. The van der Waals surface area contributed by atoms with Gasteiger partial charge in [-0.25, -0.2) is 0 Å². The third-order valence-electron chi connectivity index (χ3n) is 2.50. The fourth-order valence-corrected chi connectivity index (χ4v) is 1.77. The molecular weight excluding hydrogens is 200 g/mol. The van der Waals surface area contributed by atoms with Gasteiger partial charge >= 0.3 is 0 Å². The molecule has 1 heterocycles. The average Bonchev–Trinajstić information content (AvgIpc) is 2.27. The second-order valence-corrected chi connectivity index (χ2v) is 4.31. The SMILES string of the molecule is C=C(NC(C)C)C1CNc2ccccc2O1. The molecule has 0 bridgehead atoms. The van der Waals surface area contributed by atoms with Crippen molar-refractivity contribution in [3.8, 4) is 5.75 Å². The lowest BCUT2D eigenvalue weighted by Crippen LogP contribution is -2.39. The van der Waals surface area contributed by atoms with Crippen molar-refractivity contribution in [1.82, 2.24) is 5.32 Å². The molecule has 1 atom stereocenters. The number of hydrogen-bond donors (Lipinski definition) is 2. The van der Waals surface area contributed by atoms with Crippen molar-refractivity contribution in [3.63, 3.8) is 0 Å². The van der Waals surface area contributed by atoms with Crippen molar-refractivity contribution in [2.24, 2.45) is 0 Å². The van der Waals surface area contributed by atoms with Gasteiger partial charge in [0.2, 0.25) is 0 Å². The van der Waals surface area contributed by atoms with E-state index in [0.29, 0.717) is 6.04 Å². The van der Waals surface area contributed by atoms with Crippen LogP contribution in [0, 0.1) is 0 Å². The smallest absolute Gasteiger partial charge is 0.155 e. The number of hydrogen-bond acceptors (Lipinski definition) is 3. The molecule has 0 amide bonds. The molecule has 86 valence electrons. The Morgan fingerprint density at radius 3 is 3.00 bits per heavy atom. The third-order valence-corrected chi connectivity index (χ3v) is 2.50. The molecule has 0 spiro atoms. The van der Waals surface area contributed by atoms with Gasteiger partial charge < -0.3 is 15.4 Å². The standard InChI is InChI=1S/C13H18N2O/c1-9(2)15-10(3)13-8-14-11-6-4-5-7-12(11)16-13/h4-7,9,13-15H,3,8H2,1-2H3. The fraction of sp³-hybridized carbons (Fsp3) is 0.385. The molecule has 1 aliphatic rings. The number of anilines is 1. The Labute approximate surface area is 96.5 Å². The first-order chi connectivity index (χ1) is 7.66. The molecule has 16 heavy (non-hydrogen) atoms. The lowest BCUT2D eigenvalue weighted by atomic mass is 10.2. The van der Waals surface area contributed by atoms with Gasteiger partial charge in [-0.15, -0.1) is 0 Å². The van der Waals surface area contributed by atoms with Gasteiger partial charge in [0, 0.05) is 11.7 Å². The monoisotopic (exact) mass is 218 g/mol. The van der Waals surface area contributed by atoms with Crippen LogP contribution in [0.15, 0.2) is 36.5 Å². The first kappa shape index (κ1) is 10.9. The van der Waals surface area contributed by atoms with Crippen molar-refractivity contribution in [2.45, 2.75) is 26.0 Å². The van der Waals surface area contributed by atoms with E-state index in [1.165, 1.54) is 0 Å². The Kier molecular flexibility index (Phi) is 3.04. The lowest BCUT2D eigenvalue weighted by Gasteiger charge is -2.29. The van der Waals surface area contributed by atoms with Crippen molar-refractivity contribution < 1.29 is 4.74 Å². The molecule has 0 saturated heterocycles. The maximum atomic E-state index is 5.87. The number of benzene rings is 1. The first-order valence-electron chi connectivity index (χ1n) is 5.61. The van der Waals surface area contributed by atoms with Crippen LogP contribution in [0.4, 0.5) is 5.69 Å². The van der Waals surface area contributed by atoms with Crippen LogP contribution in [0.5, 0.6) is 5.75 Å². The predicted molar refractivity (Wildman–Crippen MR) is 66.8 cm³/mol. The Morgan fingerprint density at radius 1 is 1.50 bits per heavy atom. The highest BCUT2D eigenvalue weighted by atomic mass is 16.5. The summed E-state index contributed by atoms with van der Waals surface area (Å²) in [6.45, 7) is 8.96. The van der Waals surface area contributed by atoms with E-state index >= 15 is 0 Å². The maximum Gasteiger partial charge on any atom is 0.155 e. The van der Waals surface area contributed by atoms with E-state index in [4.69, 9.17) is 4.74 Å². The molecule has 1 aromatic carbocycles. The third kappa shape index (κ3) is 2.30. The number of rotatable bonds is 3. The van der Waals surface area contributed by atoms with E-state index in [9.17, 15) is 0 Å². The average molecular weight is 218 g/mol. The van der Waals surface area contributed by atoms with Crippen LogP contribution in [-0.4, -0.2) is 18.7 Å². The summed E-state index contributed by atoms with van der Waals surface area (Å²) < 4.78 is 5.87. The summed E-state index contributed by atoms with van der Waals surface area (Å²) in [5.41, 5.74) is 1.98. The van der Waals surface area contributed by atoms with Gasteiger partial charge in [0.1, 0.15) is 5.75 Å². The minimum Gasteiger partial charge on any atom is -0.480 e. The summed E-state index contributed by atoms with van der Waals surface area (Å²) in [5, 5.41) is 6.62. The molecule has 0 aliphatic carbocycles. The first-order valence-corrected chi connectivity index (χ1v) is 5.61. The van der Waals surface area contributed by atoms with Gasteiger partial charge in [0.15, 0.2) is 6.10 Å². The number of para-hydroxylation sites is 2. The summed E-state index contributed by atoms with van der Waals surface area (Å²) in [6.07, 6.45) is -0.00250. The summed E-state index contributed by atoms with van der Waals surface area (Å²) in [6, 6.07) is 8.34. The molecule has 2 N–H and O–H groups in total. The highest BCUT2D eigenvalue weighted by Crippen LogP contribution is 2.29. The normalized spacial score (nSPS) is 18.3. The maximum absolute atomic E-state index is 5.87. The second kappa shape index (κ2) is 4.47. The fourth-order valence-electron chi connectivity index (χ4n) is 1.77. The Balaban J connectivity index is 2.05. The predicted octanol–water partition coefficient (Wildman–Crippen LogP) is 2.37. The molecule has 1 unspecified atom stereocenters. The minimum absolute atomic E-state index is 0.00250. The summed E-state index contributed by atoms with van der Waals surface area (Å²) in [5.74, 6) is 0.894. The van der Waals surface area contributed by atoms with Crippen LogP contribution in [0.2, 0.25) is 0 Å². The van der Waals surface area contributed by atoms with Crippen LogP contribution in [0.1, 0.15) is 13.8 Å². The van der Waals surface area contributed by atoms with Crippen LogP contribution in [0.3, 0.4) is 0 Å². The molecule has 0 aromatic heterocycles. The van der Waals surface area contributed by atoms with Crippen LogP contribution >= 0.6 is 0 Å². The van der Waals surface area contributed by atoms with Crippen molar-refractivity contribution >= 4 is 5.69 Å². The summed E-state index contributed by atoms with van der Waals surface area (Å²) in [7, 11) is 0. The number of ether oxygens (including phenoxy) is 1. The van der Waals surface area contributed by atoms with E-state index in [1.54, 1.807) is 0 Å². The van der Waals surface area contributed by atoms with E-state index in [0.717, 1.165) is 23.7 Å². The Hall–Kier alpha value is -1.64. The minimum atomic E-state index is -0.00250. The Morgan fingerprint density at radius 2 is 2.25 bits per heavy atom. The lowest BCUT2D eigenvalue weighted by molar-refractivity contribution is 0.230. The molecule has 1 aromatic rings. The van der Waals surface area contributed by atoms with Gasteiger partial charge in [-0.05, 0) is 26.0 Å². The quantitative estimate of drug-likeness (QED) is 0.817. The van der Waals surface area contributed by atoms with E-state index in [2.05, 4.69) is 31.1 Å². The molecule has 0 radical (unpaired) electrons. The molecule has 3 nitrogen and oxygen atoms in total. The number of fused-ring (bicyclic) bond motifs is 1. The largest absolute Gasteiger partial charge is 0.480 e. The number of nitrogens with one attached hydrogen (secondary N) is 2. The summed E-state index contributed by atoms with van der Waals surface area (Å²) in [4.78, 5) is 0. The van der Waals surface area contributed by atoms with E-state index in [-0.39, 0.29) is 6.10 Å².